The van der Waals surface area contributed by atoms with Crippen molar-refractivity contribution < 1.29 is 4.74 Å². The van der Waals surface area contributed by atoms with Crippen LogP contribution in [0.2, 0.25) is 31.0 Å². The number of ether oxygens (including phenoxy) is 1. The lowest BCUT2D eigenvalue weighted by Gasteiger charge is -2.15. The molecule has 0 aliphatic carbocycles. The van der Waals surface area contributed by atoms with Crippen LogP contribution < -0.4 is 0 Å². The zero-order chi connectivity index (χ0) is 18.0. The van der Waals surface area contributed by atoms with Gasteiger partial charge in [0, 0.05) is 26.3 Å². The molecule has 5 nitrogen and oxygen atoms in total. The summed E-state index contributed by atoms with van der Waals surface area (Å²) in [7, 11) is -1.10. The van der Waals surface area contributed by atoms with Gasteiger partial charge in [0.25, 0.3) is 0 Å². The molecule has 0 saturated heterocycles. The van der Waals surface area contributed by atoms with Crippen molar-refractivity contribution in [2.75, 3.05) is 6.61 Å². The maximum absolute atomic E-state index is 5.99. The number of nitrogens with zero attached hydrogens (tertiary/aromatic N) is 4. The second-order valence-corrected chi connectivity index (χ2v) is 13.3. The molecule has 0 unspecified atom stereocenters. The highest BCUT2D eigenvalue weighted by Crippen LogP contribution is 2.29. The van der Waals surface area contributed by atoms with Crippen LogP contribution in [-0.4, -0.2) is 34.4 Å². The van der Waals surface area contributed by atoms with Crippen molar-refractivity contribution in [3.8, 4) is 11.4 Å². The molecule has 0 bridgehead atoms. The molecule has 0 saturated carbocycles. The maximum atomic E-state index is 5.99. The van der Waals surface area contributed by atoms with Crippen LogP contribution in [0.4, 0.5) is 0 Å². The van der Waals surface area contributed by atoms with E-state index in [4.69, 9.17) is 21.4 Å². The zero-order valence-electron chi connectivity index (χ0n) is 15.1. The highest BCUT2D eigenvalue weighted by Gasteiger charge is 2.16. The van der Waals surface area contributed by atoms with Crippen molar-refractivity contribution in [3.63, 3.8) is 0 Å². The third-order valence-electron chi connectivity index (χ3n) is 4.03. The Hall–Kier alpha value is -1.76. The van der Waals surface area contributed by atoms with E-state index in [0.717, 1.165) is 40.5 Å². The summed E-state index contributed by atoms with van der Waals surface area (Å²) in [4.78, 5) is 8.41. The molecule has 2 aromatic heterocycles. The van der Waals surface area contributed by atoms with Gasteiger partial charge in [0.2, 0.25) is 5.28 Å². The standard InChI is InChI=1S/C18H23ClN4OSi/c1-13-11-20-18(19)21-16(13)17-14-7-5-6-8-15(14)23(22-17)12-24-9-10-25(2,3)4/h5-8,11H,9-10,12H2,1-4H3. The van der Waals surface area contributed by atoms with E-state index in [0.29, 0.717) is 6.73 Å². The monoisotopic (exact) mass is 374 g/mol. The first-order valence-electron chi connectivity index (χ1n) is 8.38. The van der Waals surface area contributed by atoms with Crippen LogP contribution in [0.1, 0.15) is 5.56 Å². The predicted molar refractivity (Wildman–Crippen MR) is 105 cm³/mol. The average molecular weight is 375 g/mol. The number of rotatable bonds is 6. The van der Waals surface area contributed by atoms with Crippen LogP contribution in [0.15, 0.2) is 30.5 Å². The smallest absolute Gasteiger partial charge is 0.222 e. The molecule has 7 heteroatoms. The third-order valence-corrected chi connectivity index (χ3v) is 5.92. The van der Waals surface area contributed by atoms with Crippen molar-refractivity contribution in [1.29, 1.82) is 0 Å². The molecule has 1 aromatic carbocycles. The summed E-state index contributed by atoms with van der Waals surface area (Å²) >= 11 is 5.99. The first-order valence-corrected chi connectivity index (χ1v) is 12.5. The fourth-order valence-electron chi connectivity index (χ4n) is 2.59. The van der Waals surface area contributed by atoms with E-state index in [1.165, 1.54) is 0 Å². The van der Waals surface area contributed by atoms with Gasteiger partial charge in [-0.3, -0.25) is 0 Å². The minimum absolute atomic E-state index is 0.227. The lowest BCUT2D eigenvalue weighted by atomic mass is 10.1. The molecule has 0 spiro atoms. The maximum Gasteiger partial charge on any atom is 0.222 e. The Kier molecular flexibility index (Phi) is 5.22. The quantitative estimate of drug-likeness (QED) is 0.354. The minimum atomic E-state index is -1.10. The van der Waals surface area contributed by atoms with Gasteiger partial charge < -0.3 is 4.74 Å². The average Bonchev–Trinajstić information content (AvgIpc) is 2.92. The summed E-state index contributed by atoms with van der Waals surface area (Å²) in [5, 5.41) is 6.01. The molecule has 0 N–H and O–H groups in total. The van der Waals surface area contributed by atoms with Crippen LogP contribution in [0.25, 0.3) is 22.3 Å². The van der Waals surface area contributed by atoms with Gasteiger partial charge in [-0.15, -0.1) is 0 Å². The number of aryl methyl sites for hydroxylation is 1. The van der Waals surface area contributed by atoms with Gasteiger partial charge in [0.1, 0.15) is 12.4 Å². The van der Waals surface area contributed by atoms with Crippen LogP contribution in [0, 0.1) is 6.92 Å². The molecule has 25 heavy (non-hydrogen) atoms. The summed E-state index contributed by atoms with van der Waals surface area (Å²) in [5.74, 6) is 0. The zero-order valence-corrected chi connectivity index (χ0v) is 16.8. The van der Waals surface area contributed by atoms with Crippen molar-refractivity contribution in [3.05, 3.63) is 41.3 Å². The van der Waals surface area contributed by atoms with Gasteiger partial charge in [-0.2, -0.15) is 5.10 Å². The number of aromatic nitrogens is 4. The Balaban J connectivity index is 1.92. The topological polar surface area (TPSA) is 52.8 Å². The van der Waals surface area contributed by atoms with E-state index in [1.54, 1.807) is 6.20 Å². The summed E-state index contributed by atoms with van der Waals surface area (Å²) in [6.45, 7) is 10.2. The third kappa shape index (κ3) is 4.26. The lowest BCUT2D eigenvalue weighted by Crippen LogP contribution is -2.22. The first kappa shape index (κ1) is 18.0. The summed E-state index contributed by atoms with van der Waals surface area (Å²) in [6, 6.07) is 9.24. The van der Waals surface area contributed by atoms with Gasteiger partial charge in [-0.25, -0.2) is 14.6 Å². The van der Waals surface area contributed by atoms with Crippen LogP contribution in [0.3, 0.4) is 0 Å². The van der Waals surface area contributed by atoms with Gasteiger partial charge in [-0.05, 0) is 36.2 Å². The molecule has 132 valence electrons. The number of fused-ring (bicyclic) bond motifs is 1. The summed E-state index contributed by atoms with van der Waals surface area (Å²) < 4.78 is 7.78. The predicted octanol–water partition coefficient (Wildman–Crippen LogP) is 4.77. The SMILES string of the molecule is Cc1cnc(Cl)nc1-c1nn(COCC[Si](C)(C)C)c2ccccc12. The molecular formula is C18H23ClN4OSi. The molecule has 0 fully saturated rings. The Morgan fingerprint density at radius 1 is 1.16 bits per heavy atom. The van der Waals surface area contributed by atoms with Crippen molar-refractivity contribution in [1.82, 2.24) is 19.7 Å². The number of benzene rings is 1. The van der Waals surface area contributed by atoms with Crippen molar-refractivity contribution >= 4 is 30.6 Å². The normalized spacial score (nSPS) is 12.0. The van der Waals surface area contributed by atoms with Crippen LogP contribution in [-0.2, 0) is 11.5 Å². The Morgan fingerprint density at radius 2 is 1.92 bits per heavy atom. The first-order chi connectivity index (χ1) is 11.8. The van der Waals surface area contributed by atoms with E-state index in [9.17, 15) is 0 Å². The fourth-order valence-corrected chi connectivity index (χ4v) is 3.48. The van der Waals surface area contributed by atoms with Gasteiger partial charge in [0.15, 0.2) is 0 Å². The van der Waals surface area contributed by atoms with Crippen molar-refractivity contribution in [2.45, 2.75) is 39.3 Å². The largest absolute Gasteiger partial charge is 0.360 e. The van der Waals surface area contributed by atoms with E-state index in [-0.39, 0.29) is 5.28 Å². The van der Waals surface area contributed by atoms with Gasteiger partial charge in [-0.1, -0.05) is 37.8 Å². The summed E-state index contributed by atoms with van der Waals surface area (Å²) in [6.07, 6.45) is 1.73. The van der Waals surface area contributed by atoms with E-state index >= 15 is 0 Å². The fraction of sp³-hybridized carbons (Fsp3) is 0.389. The highest BCUT2D eigenvalue weighted by atomic mass is 35.5. The summed E-state index contributed by atoms with van der Waals surface area (Å²) in [5.41, 5.74) is 3.54. The molecular weight excluding hydrogens is 352 g/mol. The lowest BCUT2D eigenvalue weighted by molar-refractivity contribution is 0.0818. The molecule has 0 radical (unpaired) electrons. The molecule has 3 aromatic rings. The molecule has 0 aliphatic heterocycles. The molecule has 0 atom stereocenters. The molecule has 3 rings (SSSR count). The Morgan fingerprint density at radius 3 is 2.68 bits per heavy atom. The Bertz CT molecular complexity index is 888. The number of hydrogen-bond acceptors (Lipinski definition) is 4. The van der Waals surface area contributed by atoms with Crippen LogP contribution >= 0.6 is 11.6 Å². The van der Waals surface area contributed by atoms with Gasteiger partial charge >= 0.3 is 0 Å². The number of halogens is 1. The number of hydrogen-bond donors (Lipinski definition) is 0. The minimum Gasteiger partial charge on any atom is -0.360 e. The van der Waals surface area contributed by atoms with Crippen LogP contribution in [0.5, 0.6) is 0 Å². The molecule has 2 heterocycles. The number of para-hydroxylation sites is 1. The van der Waals surface area contributed by atoms with E-state index in [1.807, 2.05) is 35.9 Å². The second-order valence-electron chi connectivity index (χ2n) is 7.38. The molecule has 0 aliphatic rings. The van der Waals surface area contributed by atoms with Gasteiger partial charge in [0.05, 0.1) is 11.2 Å². The molecule has 0 amide bonds. The van der Waals surface area contributed by atoms with E-state index < -0.39 is 8.07 Å². The van der Waals surface area contributed by atoms with Crippen molar-refractivity contribution in [2.24, 2.45) is 0 Å². The second kappa shape index (κ2) is 7.23. The highest BCUT2D eigenvalue weighted by molar-refractivity contribution is 6.76. The van der Waals surface area contributed by atoms with E-state index in [2.05, 4.69) is 29.6 Å². The Labute approximate surface area is 154 Å².